The zero-order valence-corrected chi connectivity index (χ0v) is 15.5. The second kappa shape index (κ2) is 7.97. The van der Waals surface area contributed by atoms with E-state index in [1.165, 1.54) is 23.1 Å². The van der Waals surface area contributed by atoms with Gasteiger partial charge in [0.2, 0.25) is 11.0 Å². The minimum absolute atomic E-state index is 0.0151. The molecule has 0 aromatic carbocycles. The molecule has 1 aromatic rings. The summed E-state index contributed by atoms with van der Waals surface area (Å²) < 4.78 is 0.768. The van der Waals surface area contributed by atoms with E-state index in [4.69, 9.17) is 0 Å². The lowest BCUT2D eigenvalue weighted by Crippen LogP contribution is -2.52. The third-order valence-electron chi connectivity index (χ3n) is 4.22. The number of hydrogen-bond acceptors (Lipinski definition) is 7. The molecule has 0 radical (unpaired) electrons. The number of nitrogens with zero attached hydrogens (tertiary/aromatic N) is 4. The van der Waals surface area contributed by atoms with Gasteiger partial charge in [-0.05, 0) is 26.7 Å². The molecule has 1 aromatic heterocycles. The predicted octanol–water partition coefficient (Wildman–Crippen LogP) is 3.14. The zero-order chi connectivity index (χ0) is 16.9. The van der Waals surface area contributed by atoms with Crippen molar-refractivity contribution < 1.29 is 4.79 Å². The molecule has 8 heteroatoms. The van der Waals surface area contributed by atoms with Crippen LogP contribution in [0.1, 0.15) is 46.0 Å². The summed E-state index contributed by atoms with van der Waals surface area (Å²) in [5, 5.41) is 21.4. The SMILES string of the molecule is CCNc1nnc(S[C@H](C)C(=O)N(C)C2(C#N)CCCCC2)s1. The number of amides is 1. The van der Waals surface area contributed by atoms with Gasteiger partial charge < -0.3 is 10.2 Å². The second-order valence-corrected chi connectivity index (χ2v) is 8.33. The molecule has 1 aliphatic rings. The van der Waals surface area contributed by atoms with Gasteiger partial charge in [-0.1, -0.05) is 42.4 Å². The predicted molar refractivity (Wildman–Crippen MR) is 93.6 cm³/mol. The second-order valence-electron chi connectivity index (χ2n) is 5.76. The summed E-state index contributed by atoms with van der Waals surface area (Å²) in [5.41, 5.74) is -0.639. The van der Waals surface area contributed by atoms with E-state index in [0.29, 0.717) is 0 Å². The summed E-state index contributed by atoms with van der Waals surface area (Å²) in [4.78, 5) is 14.4. The Morgan fingerprint density at radius 3 is 2.78 bits per heavy atom. The van der Waals surface area contributed by atoms with E-state index in [1.54, 1.807) is 11.9 Å². The molecule has 1 fully saturated rings. The molecular formula is C15H23N5OS2. The van der Waals surface area contributed by atoms with Gasteiger partial charge in [-0.15, -0.1) is 10.2 Å². The molecule has 23 heavy (non-hydrogen) atoms. The van der Waals surface area contributed by atoms with Gasteiger partial charge in [0.25, 0.3) is 0 Å². The Morgan fingerprint density at radius 1 is 1.48 bits per heavy atom. The molecule has 1 amide bonds. The van der Waals surface area contributed by atoms with Crippen molar-refractivity contribution in [3.05, 3.63) is 0 Å². The number of hydrogen-bond donors (Lipinski definition) is 1. The van der Waals surface area contributed by atoms with E-state index < -0.39 is 5.54 Å². The maximum Gasteiger partial charge on any atom is 0.236 e. The van der Waals surface area contributed by atoms with Gasteiger partial charge in [0.05, 0.1) is 11.3 Å². The number of carbonyl (C=O) groups is 1. The lowest BCUT2D eigenvalue weighted by atomic mass is 9.81. The molecule has 1 heterocycles. The molecule has 1 aliphatic carbocycles. The molecule has 1 N–H and O–H groups in total. The summed E-state index contributed by atoms with van der Waals surface area (Å²) in [6.07, 6.45) is 4.71. The van der Waals surface area contributed by atoms with Crippen molar-refractivity contribution in [2.45, 2.75) is 61.1 Å². The molecule has 0 saturated heterocycles. The highest BCUT2D eigenvalue weighted by atomic mass is 32.2. The van der Waals surface area contributed by atoms with Gasteiger partial charge in [0, 0.05) is 13.6 Å². The number of thioether (sulfide) groups is 1. The van der Waals surface area contributed by atoms with Crippen LogP contribution in [0, 0.1) is 11.3 Å². The van der Waals surface area contributed by atoms with E-state index in [-0.39, 0.29) is 11.2 Å². The summed E-state index contributed by atoms with van der Waals surface area (Å²) in [5.74, 6) is -0.0151. The van der Waals surface area contributed by atoms with Crippen LogP contribution in [0.15, 0.2) is 4.34 Å². The first-order chi connectivity index (χ1) is 11.0. The third-order valence-corrected chi connectivity index (χ3v) is 6.27. The normalized spacial score (nSPS) is 18.0. The largest absolute Gasteiger partial charge is 0.360 e. The molecule has 1 saturated carbocycles. The summed E-state index contributed by atoms with van der Waals surface area (Å²) in [6, 6.07) is 2.40. The van der Waals surface area contributed by atoms with Crippen molar-refractivity contribution in [2.75, 3.05) is 18.9 Å². The van der Waals surface area contributed by atoms with Crippen molar-refractivity contribution in [1.82, 2.24) is 15.1 Å². The van der Waals surface area contributed by atoms with E-state index in [2.05, 4.69) is 21.6 Å². The van der Waals surface area contributed by atoms with Crippen LogP contribution >= 0.6 is 23.1 Å². The summed E-state index contributed by atoms with van der Waals surface area (Å²) in [7, 11) is 1.76. The molecule has 0 aliphatic heterocycles. The highest BCUT2D eigenvalue weighted by Gasteiger charge is 2.40. The van der Waals surface area contributed by atoms with E-state index in [0.717, 1.165) is 48.1 Å². The van der Waals surface area contributed by atoms with Gasteiger partial charge in [-0.3, -0.25) is 4.79 Å². The number of carbonyl (C=O) groups excluding carboxylic acids is 1. The van der Waals surface area contributed by atoms with E-state index in [9.17, 15) is 10.1 Å². The fourth-order valence-corrected chi connectivity index (χ4v) is 4.88. The summed E-state index contributed by atoms with van der Waals surface area (Å²) >= 11 is 2.85. The highest BCUT2D eigenvalue weighted by molar-refractivity contribution is 8.02. The first-order valence-electron chi connectivity index (χ1n) is 7.95. The van der Waals surface area contributed by atoms with Crippen molar-refractivity contribution in [3.8, 4) is 6.07 Å². The number of nitriles is 1. The Balaban J connectivity index is 2.01. The Bertz CT molecular complexity index is 577. The Hall–Kier alpha value is -1.33. The standard InChI is InChI=1S/C15H23N5OS2/c1-4-17-13-18-19-14(23-13)22-11(2)12(21)20(3)15(10-16)8-6-5-7-9-15/h11H,4-9H2,1-3H3,(H,17,18)/t11-/m1/s1. The number of nitrogens with one attached hydrogen (secondary N) is 1. The molecule has 6 nitrogen and oxygen atoms in total. The smallest absolute Gasteiger partial charge is 0.236 e. The molecule has 2 rings (SSSR count). The Morgan fingerprint density at radius 2 is 2.17 bits per heavy atom. The quantitative estimate of drug-likeness (QED) is 0.791. The molecule has 0 bridgehead atoms. The van der Waals surface area contributed by atoms with Gasteiger partial charge in [-0.2, -0.15) is 5.26 Å². The lowest BCUT2D eigenvalue weighted by molar-refractivity contribution is -0.133. The van der Waals surface area contributed by atoms with Crippen LogP contribution in [0.4, 0.5) is 5.13 Å². The fraction of sp³-hybridized carbons (Fsp3) is 0.733. The van der Waals surface area contributed by atoms with Crippen LogP contribution < -0.4 is 5.32 Å². The minimum atomic E-state index is -0.639. The molecule has 1 atom stereocenters. The molecular weight excluding hydrogens is 330 g/mol. The third kappa shape index (κ3) is 4.15. The molecule has 0 unspecified atom stereocenters. The first kappa shape index (κ1) is 18.0. The average molecular weight is 354 g/mol. The van der Waals surface area contributed by atoms with Gasteiger partial charge in [-0.25, -0.2) is 0 Å². The highest BCUT2D eigenvalue weighted by Crippen LogP contribution is 2.35. The maximum atomic E-state index is 12.7. The monoisotopic (exact) mass is 353 g/mol. The van der Waals surface area contributed by atoms with Crippen LogP contribution in [0.3, 0.4) is 0 Å². The zero-order valence-electron chi connectivity index (χ0n) is 13.8. The van der Waals surface area contributed by atoms with Gasteiger partial charge >= 0.3 is 0 Å². The van der Waals surface area contributed by atoms with Crippen LogP contribution in [-0.4, -0.2) is 45.4 Å². The van der Waals surface area contributed by atoms with Crippen LogP contribution in [0.5, 0.6) is 0 Å². The lowest BCUT2D eigenvalue weighted by Gasteiger charge is -2.39. The van der Waals surface area contributed by atoms with Gasteiger partial charge in [0.15, 0.2) is 4.34 Å². The molecule has 0 spiro atoms. The number of aromatic nitrogens is 2. The van der Waals surface area contributed by atoms with Crippen molar-refractivity contribution in [3.63, 3.8) is 0 Å². The first-order valence-corrected chi connectivity index (χ1v) is 9.65. The average Bonchev–Trinajstić information content (AvgIpc) is 3.01. The number of anilines is 1. The van der Waals surface area contributed by atoms with Crippen molar-refractivity contribution in [2.24, 2.45) is 0 Å². The maximum absolute atomic E-state index is 12.7. The minimum Gasteiger partial charge on any atom is -0.360 e. The Kier molecular flexibility index (Phi) is 6.25. The van der Waals surface area contributed by atoms with Crippen molar-refractivity contribution >= 4 is 34.1 Å². The van der Waals surface area contributed by atoms with Crippen LogP contribution in [-0.2, 0) is 4.79 Å². The van der Waals surface area contributed by atoms with E-state index >= 15 is 0 Å². The van der Waals surface area contributed by atoms with Gasteiger partial charge in [0.1, 0.15) is 5.54 Å². The fourth-order valence-electron chi connectivity index (χ4n) is 2.82. The van der Waals surface area contributed by atoms with E-state index in [1.807, 2.05) is 13.8 Å². The van der Waals surface area contributed by atoms with Crippen LogP contribution in [0.25, 0.3) is 0 Å². The Labute approximate surface area is 145 Å². The molecule has 126 valence electrons. The number of rotatable bonds is 6. The van der Waals surface area contributed by atoms with Crippen molar-refractivity contribution in [1.29, 1.82) is 5.26 Å². The van der Waals surface area contributed by atoms with Crippen LogP contribution in [0.2, 0.25) is 0 Å². The summed E-state index contributed by atoms with van der Waals surface area (Å²) in [6.45, 7) is 4.66. The topological polar surface area (TPSA) is 81.9 Å².